The molecule has 1 N–H and O–H groups in total. The third-order valence-corrected chi connectivity index (χ3v) is 3.13. The maximum absolute atomic E-state index is 11.8. The number of benzene rings is 2. The minimum atomic E-state index is -0.539. The predicted octanol–water partition coefficient (Wildman–Crippen LogP) is 3.54. The fourth-order valence-electron chi connectivity index (χ4n) is 1.54. The fraction of sp³-hybridized carbons (Fsp3) is 0.0667. The molecule has 0 heterocycles. The molecule has 108 valence electrons. The van der Waals surface area contributed by atoms with Crippen LogP contribution in [0.2, 0.25) is 10.0 Å². The maximum Gasteiger partial charge on any atom is 0.339 e. The van der Waals surface area contributed by atoms with Crippen molar-refractivity contribution in [3.63, 3.8) is 0 Å². The first-order valence-electron chi connectivity index (χ1n) is 6.03. The van der Waals surface area contributed by atoms with Gasteiger partial charge in [-0.1, -0.05) is 23.2 Å². The molecule has 0 spiro atoms. The second-order valence-corrected chi connectivity index (χ2v) is 4.97. The first-order chi connectivity index (χ1) is 10.1. The molecule has 0 saturated heterocycles. The maximum atomic E-state index is 11.8. The van der Waals surface area contributed by atoms with Gasteiger partial charge in [-0.25, -0.2) is 4.79 Å². The Morgan fingerprint density at radius 1 is 0.857 bits per heavy atom. The number of hydrogen-bond acceptors (Lipinski definition) is 3. The van der Waals surface area contributed by atoms with E-state index in [1.807, 2.05) is 0 Å². The van der Waals surface area contributed by atoms with Crippen molar-refractivity contribution >= 4 is 35.1 Å². The minimum absolute atomic E-state index is 0.219. The van der Waals surface area contributed by atoms with Crippen LogP contribution in [0, 0.1) is 0 Å². The molecule has 0 aliphatic heterocycles. The van der Waals surface area contributed by atoms with Gasteiger partial charge in [0, 0.05) is 15.6 Å². The molecule has 0 unspecified atom stereocenters. The second kappa shape index (κ2) is 7.11. The Kier molecular flexibility index (Phi) is 5.20. The van der Waals surface area contributed by atoms with Gasteiger partial charge in [-0.3, -0.25) is 4.79 Å². The summed E-state index contributed by atoms with van der Waals surface area (Å²) in [7, 11) is 0. The molecule has 0 aliphatic rings. The summed E-state index contributed by atoms with van der Waals surface area (Å²) in [6.45, 7) is -0.219. The number of nitrogens with one attached hydrogen (secondary N) is 1. The Bertz CT molecular complexity index is 581. The van der Waals surface area contributed by atoms with Crippen LogP contribution in [-0.2, 0) is 4.74 Å². The number of carbonyl (C=O) groups is 2. The summed E-state index contributed by atoms with van der Waals surface area (Å²) >= 11 is 11.5. The number of carbonyl (C=O) groups excluding carboxylic acids is 2. The van der Waals surface area contributed by atoms with Crippen LogP contribution in [0.15, 0.2) is 48.5 Å². The van der Waals surface area contributed by atoms with Gasteiger partial charge < -0.3 is 10.1 Å². The molecule has 2 aromatic rings. The van der Waals surface area contributed by atoms with E-state index >= 15 is 0 Å². The highest BCUT2D eigenvalue weighted by molar-refractivity contribution is 6.31. The molecule has 2 aromatic carbocycles. The lowest BCUT2D eigenvalue weighted by Crippen LogP contribution is -2.27. The molecular weight excluding hydrogens is 313 g/mol. The molecule has 0 bridgehead atoms. The highest BCUT2D eigenvalue weighted by atomic mass is 35.5. The van der Waals surface area contributed by atoms with Gasteiger partial charge in [0.2, 0.25) is 0 Å². The van der Waals surface area contributed by atoms with Gasteiger partial charge in [-0.15, -0.1) is 0 Å². The Labute approximate surface area is 131 Å². The predicted molar refractivity (Wildman–Crippen MR) is 80.7 cm³/mol. The van der Waals surface area contributed by atoms with E-state index in [2.05, 4.69) is 5.32 Å². The molecule has 1 amide bonds. The number of rotatable bonds is 4. The van der Waals surface area contributed by atoms with Crippen LogP contribution in [0.25, 0.3) is 0 Å². The fourth-order valence-corrected chi connectivity index (χ4v) is 1.79. The van der Waals surface area contributed by atoms with Crippen molar-refractivity contribution in [3.05, 3.63) is 69.7 Å². The molecule has 0 atom stereocenters. The monoisotopic (exact) mass is 323 g/mol. The van der Waals surface area contributed by atoms with Crippen LogP contribution in [0.1, 0.15) is 20.7 Å². The number of halogens is 2. The average Bonchev–Trinajstić information content (AvgIpc) is 2.48. The topological polar surface area (TPSA) is 55.4 Å². The van der Waals surface area contributed by atoms with Gasteiger partial charge in [0.25, 0.3) is 5.91 Å². The summed E-state index contributed by atoms with van der Waals surface area (Å²) in [6.07, 6.45) is 0. The number of hydrogen-bond donors (Lipinski definition) is 1. The van der Waals surface area contributed by atoms with Crippen molar-refractivity contribution < 1.29 is 14.3 Å². The summed E-state index contributed by atoms with van der Waals surface area (Å²) < 4.78 is 4.94. The number of amides is 1. The van der Waals surface area contributed by atoms with Crippen molar-refractivity contribution in [2.75, 3.05) is 6.73 Å². The molecular formula is C15H11Cl2NO3. The standard InChI is InChI=1S/C15H11Cl2NO3/c16-12-5-1-10(2-6-12)14(19)18-9-21-15(20)11-3-7-13(17)8-4-11/h1-8H,9H2,(H,18,19). The molecule has 0 fully saturated rings. The van der Waals surface area contributed by atoms with E-state index in [0.29, 0.717) is 21.2 Å². The Morgan fingerprint density at radius 3 is 1.86 bits per heavy atom. The molecule has 0 aromatic heterocycles. The number of esters is 1. The second-order valence-electron chi connectivity index (χ2n) is 4.10. The number of ether oxygens (including phenoxy) is 1. The van der Waals surface area contributed by atoms with Gasteiger partial charge in [0.15, 0.2) is 6.73 Å². The van der Waals surface area contributed by atoms with Crippen LogP contribution in [-0.4, -0.2) is 18.6 Å². The molecule has 21 heavy (non-hydrogen) atoms. The van der Waals surface area contributed by atoms with E-state index in [4.69, 9.17) is 27.9 Å². The van der Waals surface area contributed by atoms with Gasteiger partial charge >= 0.3 is 5.97 Å². The highest BCUT2D eigenvalue weighted by Crippen LogP contribution is 2.11. The third-order valence-electron chi connectivity index (χ3n) is 2.62. The van der Waals surface area contributed by atoms with Gasteiger partial charge in [0.05, 0.1) is 5.56 Å². The van der Waals surface area contributed by atoms with E-state index in [9.17, 15) is 9.59 Å². The zero-order valence-corrected chi connectivity index (χ0v) is 12.3. The van der Waals surface area contributed by atoms with Crippen molar-refractivity contribution in [2.45, 2.75) is 0 Å². The Morgan fingerprint density at radius 2 is 1.33 bits per heavy atom. The Hall–Kier alpha value is -2.04. The summed E-state index contributed by atoms with van der Waals surface area (Å²) in [4.78, 5) is 23.4. The van der Waals surface area contributed by atoms with E-state index in [-0.39, 0.29) is 12.6 Å². The van der Waals surface area contributed by atoms with Crippen LogP contribution in [0.3, 0.4) is 0 Å². The first-order valence-corrected chi connectivity index (χ1v) is 6.78. The Balaban J connectivity index is 1.83. The molecule has 4 nitrogen and oxygen atoms in total. The summed E-state index contributed by atoms with van der Waals surface area (Å²) in [5.41, 5.74) is 0.794. The zero-order valence-electron chi connectivity index (χ0n) is 10.8. The van der Waals surface area contributed by atoms with Crippen molar-refractivity contribution in [2.24, 2.45) is 0 Å². The first kappa shape index (κ1) is 15.4. The largest absolute Gasteiger partial charge is 0.441 e. The third kappa shape index (κ3) is 4.48. The van der Waals surface area contributed by atoms with Crippen molar-refractivity contribution in [1.29, 1.82) is 0 Å². The summed E-state index contributed by atoms with van der Waals surface area (Å²) in [6, 6.07) is 12.6. The smallest absolute Gasteiger partial charge is 0.339 e. The van der Waals surface area contributed by atoms with Crippen LogP contribution < -0.4 is 5.32 Å². The zero-order chi connectivity index (χ0) is 15.2. The molecule has 0 saturated carbocycles. The quantitative estimate of drug-likeness (QED) is 0.691. The van der Waals surface area contributed by atoms with Gasteiger partial charge in [0.1, 0.15) is 0 Å². The molecule has 2 rings (SSSR count). The normalized spacial score (nSPS) is 10.0. The van der Waals surface area contributed by atoms with Crippen molar-refractivity contribution in [1.82, 2.24) is 5.32 Å². The van der Waals surface area contributed by atoms with Gasteiger partial charge in [-0.05, 0) is 48.5 Å². The van der Waals surface area contributed by atoms with E-state index in [1.165, 1.54) is 0 Å². The van der Waals surface area contributed by atoms with Crippen LogP contribution in [0.5, 0.6) is 0 Å². The van der Waals surface area contributed by atoms with Crippen molar-refractivity contribution in [3.8, 4) is 0 Å². The summed E-state index contributed by atoms with van der Waals surface area (Å²) in [5, 5.41) is 3.55. The lowest BCUT2D eigenvalue weighted by molar-refractivity contribution is 0.0464. The van der Waals surface area contributed by atoms with E-state index in [0.717, 1.165) is 0 Å². The lowest BCUT2D eigenvalue weighted by atomic mass is 10.2. The SMILES string of the molecule is O=C(NCOC(=O)c1ccc(Cl)cc1)c1ccc(Cl)cc1. The minimum Gasteiger partial charge on any atom is -0.441 e. The molecule has 0 radical (unpaired) electrons. The summed E-state index contributed by atoms with van der Waals surface area (Å²) in [5.74, 6) is -0.890. The van der Waals surface area contributed by atoms with E-state index in [1.54, 1.807) is 48.5 Å². The average molecular weight is 324 g/mol. The molecule has 0 aliphatic carbocycles. The highest BCUT2D eigenvalue weighted by Gasteiger charge is 2.08. The van der Waals surface area contributed by atoms with E-state index < -0.39 is 5.97 Å². The van der Waals surface area contributed by atoms with Gasteiger partial charge in [-0.2, -0.15) is 0 Å². The molecule has 6 heteroatoms. The lowest BCUT2D eigenvalue weighted by Gasteiger charge is -2.07. The van der Waals surface area contributed by atoms with Crippen LogP contribution >= 0.6 is 23.2 Å². The van der Waals surface area contributed by atoms with Crippen LogP contribution in [0.4, 0.5) is 0 Å².